The lowest BCUT2D eigenvalue weighted by Crippen LogP contribution is -2.36. The van der Waals surface area contributed by atoms with Gasteiger partial charge in [0.2, 0.25) is 0 Å². The Bertz CT molecular complexity index is 733. The van der Waals surface area contributed by atoms with Gasteiger partial charge in [-0.15, -0.1) is 0 Å². The van der Waals surface area contributed by atoms with Crippen LogP contribution in [0.5, 0.6) is 0 Å². The molecule has 0 spiro atoms. The van der Waals surface area contributed by atoms with Crippen molar-refractivity contribution in [2.24, 2.45) is 14.1 Å². The van der Waals surface area contributed by atoms with Gasteiger partial charge in [-0.3, -0.25) is 13.9 Å². The molecule has 88 valence electrons. The second-order valence-corrected chi connectivity index (χ2v) is 4.36. The Morgan fingerprint density at radius 1 is 1.41 bits per heavy atom. The Kier molecular flexibility index (Phi) is 2.77. The fourth-order valence-corrected chi connectivity index (χ4v) is 2.00. The van der Waals surface area contributed by atoms with Crippen molar-refractivity contribution >= 4 is 22.9 Å². The van der Waals surface area contributed by atoms with Gasteiger partial charge in [0.25, 0.3) is 5.56 Å². The second-order valence-electron chi connectivity index (χ2n) is 3.39. The molecule has 0 bridgehead atoms. The maximum absolute atomic E-state index is 11.8. The molecule has 0 unspecified atom stereocenters. The minimum atomic E-state index is -0.425. The second kappa shape index (κ2) is 4.10. The van der Waals surface area contributed by atoms with E-state index in [1.807, 2.05) is 6.07 Å². The van der Waals surface area contributed by atoms with Crippen LogP contribution in [0.3, 0.4) is 0 Å². The quantitative estimate of drug-likeness (QED) is 0.731. The van der Waals surface area contributed by atoms with Crippen LogP contribution in [0.2, 0.25) is 0 Å². The molecule has 0 saturated carbocycles. The highest BCUT2D eigenvalue weighted by Crippen LogP contribution is 2.15. The van der Waals surface area contributed by atoms with Crippen molar-refractivity contribution in [3.8, 4) is 6.07 Å². The van der Waals surface area contributed by atoms with Crippen LogP contribution in [0.15, 0.2) is 14.7 Å². The van der Waals surface area contributed by atoms with Crippen molar-refractivity contribution in [2.45, 2.75) is 5.16 Å². The van der Waals surface area contributed by atoms with Gasteiger partial charge < -0.3 is 4.98 Å². The summed E-state index contributed by atoms with van der Waals surface area (Å²) < 4.78 is 2.31. The van der Waals surface area contributed by atoms with E-state index >= 15 is 0 Å². The summed E-state index contributed by atoms with van der Waals surface area (Å²) in [5.41, 5.74) is -0.265. The molecular weight excluding hydrogens is 242 g/mol. The molecule has 0 aliphatic rings. The summed E-state index contributed by atoms with van der Waals surface area (Å²) in [6.07, 6.45) is 0. The average Bonchev–Trinajstić information content (AvgIpc) is 2.75. The van der Waals surface area contributed by atoms with E-state index in [0.717, 1.165) is 4.57 Å². The van der Waals surface area contributed by atoms with Gasteiger partial charge in [0, 0.05) is 14.1 Å². The molecule has 8 heteroatoms. The third-order valence-electron chi connectivity index (χ3n) is 2.35. The van der Waals surface area contributed by atoms with Crippen LogP contribution in [-0.4, -0.2) is 24.9 Å². The SMILES string of the molecule is Cn1c(=O)c2[nH]c(SCC#N)nc2n(C)c1=O. The number of rotatable bonds is 2. The number of fused-ring (bicyclic) bond motifs is 1. The summed E-state index contributed by atoms with van der Waals surface area (Å²) in [6, 6.07) is 1.96. The Balaban J connectivity index is 2.74. The Morgan fingerprint density at radius 2 is 2.12 bits per heavy atom. The van der Waals surface area contributed by atoms with Gasteiger partial charge >= 0.3 is 5.69 Å². The Morgan fingerprint density at radius 3 is 2.76 bits per heavy atom. The van der Waals surface area contributed by atoms with Crippen LogP contribution in [0, 0.1) is 11.3 Å². The number of hydrogen-bond donors (Lipinski definition) is 1. The summed E-state index contributed by atoms with van der Waals surface area (Å²) in [6.45, 7) is 0. The molecule has 0 atom stereocenters. The molecule has 0 aliphatic carbocycles. The molecule has 2 rings (SSSR count). The summed E-state index contributed by atoms with van der Waals surface area (Å²) >= 11 is 1.18. The molecule has 0 aliphatic heterocycles. The Labute approximate surface area is 99.7 Å². The normalized spacial score (nSPS) is 10.6. The molecule has 0 saturated heterocycles. The third kappa shape index (κ3) is 1.74. The smallest absolute Gasteiger partial charge is 0.327 e. The van der Waals surface area contributed by atoms with Crippen LogP contribution < -0.4 is 11.2 Å². The highest BCUT2D eigenvalue weighted by molar-refractivity contribution is 7.99. The van der Waals surface area contributed by atoms with Crippen molar-refractivity contribution in [1.82, 2.24) is 19.1 Å². The van der Waals surface area contributed by atoms with Gasteiger partial charge in [0.1, 0.15) is 0 Å². The predicted molar refractivity (Wildman–Crippen MR) is 62.9 cm³/mol. The number of hydrogen-bond acceptors (Lipinski definition) is 5. The first-order valence-corrected chi connectivity index (χ1v) is 5.70. The molecule has 1 N–H and O–H groups in total. The fourth-order valence-electron chi connectivity index (χ4n) is 1.47. The average molecular weight is 251 g/mol. The summed E-state index contributed by atoms with van der Waals surface area (Å²) in [4.78, 5) is 30.4. The zero-order valence-electron chi connectivity index (χ0n) is 9.22. The fraction of sp³-hybridized carbons (Fsp3) is 0.333. The van der Waals surface area contributed by atoms with Gasteiger partial charge in [-0.05, 0) is 0 Å². The first-order chi connectivity index (χ1) is 8.06. The van der Waals surface area contributed by atoms with Gasteiger partial charge in [-0.1, -0.05) is 11.8 Å². The minimum Gasteiger partial charge on any atom is -0.327 e. The molecule has 0 aromatic carbocycles. The lowest BCUT2D eigenvalue weighted by atomic mass is 10.5. The molecule has 2 heterocycles. The summed E-state index contributed by atoms with van der Waals surface area (Å²) in [5, 5.41) is 8.92. The zero-order valence-corrected chi connectivity index (χ0v) is 10.0. The van der Waals surface area contributed by atoms with Crippen molar-refractivity contribution in [3.05, 3.63) is 20.8 Å². The number of aromatic nitrogens is 4. The first-order valence-electron chi connectivity index (χ1n) is 4.71. The lowest BCUT2D eigenvalue weighted by Gasteiger charge is -2.00. The van der Waals surface area contributed by atoms with E-state index in [4.69, 9.17) is 5.26 Å². The standard InChI is InChI=1S/C9H9N5O2S/c1-13-6-5(7(15)14(2)9(13)16)11-8(12-6)17-4-3-10/h4H2,1-2H3,(H,11,12). The Hall–Kier alpha value is -2.01. The van der Waals surface area contributed by atoms with Crippen molar-refractivity contribution in [3.63, 3.8) is 0 Å². The maximum Gasteiger partial charge on any atom is 0.332 e. The number of thioether (sulfide) groups is 1. The molecule has 7 nitrogen and oxygen atoms in total. The summed E-state index contributed by atoms with van der Waals surface area (Å²) in [7, 11) is 2.96. The van der Waals surface area contributed by atoms with E-state index < -0.39 is 11.2 Å². The largest absolute Gasteiger partial charge is 0.332 e. The van der Waals surface area contributed by atoms with E-state index in [0.29, 0.717) is 10.8 Å². The van der Waals surface area contributed by atoms with Crippen LogP contribution >= 0.6 is 11.8 Å². The number of nitrogens with zero attached hydrogens (tertiary/aromatic N) is 4. The van der Waals surface area contributed by atoms with Crippen molar-refractivity contribution in [2.75, 3.05) is 5.75 Å². The van der Waals surface area contributed by atoms with E-state index in [2.05, 4.69) is 9.97 Å². The third-order valence-corrected chi connectivity index (χ3v) is 3.09. The molecule has 2 aromatic rings. The number of aromatic amines is 1. The zero-order chi connectivity index (χ0) is 12.6. The molecule has 0 amide bonds. The van der Waals surface area contributed by atoms with E-state index in [9.17, 15) is 9.59 Å². The van der Waals surface area contributed by atoms with E-state index in [1.54, 1.807) is 7.05 Å². The number of H-pyrrole nitrogens is 1. The number of nitrogens with one attached hydrogen (secondary N) is 1. The number of aryl methyl sites for hydroxylation is 1. The van der Waals surface area contributed by atoms with Gasteiger partial charge in [0.15, 0.2) is 16.3 Å². The summed E-state index contributed by atoms with van der Waals surface area (Å²) in [5.74, 6) is 0.230. The molecule has 17 heavy (non-hydrogen) atoms. The van der Waals surface area contributed by atoms with Crippen LogP contribution in [0.4, 0.5) is 0 Å². The molecule has 0 fully saturated rings. The van der Waals surface area contributed by atoms with Crippen LogP contribution in [-0.2, 0) is 14.1 Å². The van der Waals surface area contributed by atoms with Crippen molar-refractivity contribution < 1.29 is 0 Å². The maximum atomic E-state index is 11.8. The highest BCUT2D eigenvalue weighted by Gasteiger charge is 2.13. The molecule has 2 aromatic heterocycles. The minimum absolute atomic E-state index is 0.230. The number of nitriles is 1. The number of imidazole rings is 1. The first kappa shape index (κ1) is 11.5. The van der Waals surface area contributed by atoms with Crippen LogP contribution in [0.1, 0.15) is 0 Å². The van der Waals surface area contributed by atoms with E-state index in [1.165, 1.54) is 23.4 Å². The van der Waals surface area contributed by atoms with Crippen molar-refractivity contribution in [1.29, 1.82) is 5.26 Å². The predicted octanol–water partition coefficient (Wildman–Crippen LogP) is -0.424. The topological polar surface area (TPSA) is 96.5 Å². The van der Waals surface area contributed by atoms with Crippen LogP contribution in [0.25, 0.3) is 11.2 Å². The van der Waals surface area contributed by atoms with Gasteiger partial charge in [-0.25, -0.2) is 9.78 Å². The van der Waals surface area contributed by atoms with E-state index in [-0.39, 0.29) is 11.3 Å². The lowest BCUT2D eigenvalue weighted by molar-refractivity contribution is 0.708. The molecule has 0 radical (unpaired) electrons. The van der Waals surface area contributed by atoms with Gasteiger partial charge in [-0.2, -0.15) is 5.26 Å². The van der Waals surface area contributed by atoms with Gasteiger partial charge in [0.05, 0.1) is 11.8 Å². The monoisotopic (exact) mass is 251 g/mol. The molecular formula is C9H9N5O2S. The highest BCUT2D eigenvalue weighted by atomic mass is 32.2.